The number of ether oxygens (including phenoxy) is 1. The second-order valence-electron chi connectivity index (χ2n) is 6.91. The smallest absolute Gasteiger partial charge is 0.338 e. The molecule has 0 bridgehead atoms. The predicted molar refractivity (Wildman–Crippen MR) is 124 cm³/mol. The summed E-state index contributed by atoms with van der Waals surface area (Å²) in [5, 5.41) is 22.7. The molecule has 0 fully saturated rings. The standard InChI is InChI=1S/C22H23N5O5S/c1-3-11-32-21(29)16-8-5-9-17(12-16)23-19(28)14-33-22-25-24-20(26(22)4-2)15-7-6-10-18(13-15)27(30)31/h5-10,12-13H,3-4,11,14H2,1-2H3,(H,23,28). The summed E-state index contributed by atoms with van der Waals surface area (Å²) in [5.74, 6) is -0.159. The first kappa shape index (κ1) is 23.9. The van der Waals surface area contributed by atoms with Crippen LogP contribution in [0.25, 0.3) is 11.4 Å². The van der Waals surface area contributed by atoms with Crippen molar-refractivity contribution in [2.75, 3.05) is 17.7 Å². The lowest BCUT2D eigenvalue weighted by molar-refractivity contribution is -0.384. The van der Waals surface area contributed by atoms with Crippen LogP contribution in [0.1, 0.15) is 30.6 Å². The van der Waals surface area contributed by atoms with Crippen LogP contribution in [-0.2, 0) is 16.1 Å². The number of nitrogens with zero attached hydrogens (tertiary/aromatic N) is 4. The molecule has 0 aliphatic rings. The summed E-state index contributed by atoms with van der Waals surface area (Å²) in [6.45, 7) is 4.67. The molecule has 0 radical (unpaired) electrons. The number of carbonyl (C=O) groups is 2. The summed E-state index contributed by atoms with van der Waals surface area (Å²) >= 11 is 1.20. The maximum absolute atomic E-state index is 12.5. The van der Waals surface area contributed by atoms with Gasteiger partial charge in [-0.25, -0.2) is 4.79 Å². The third-order valence-electron chi connectivity index (χ3n) is 4.50. The van der Waals surface area contributed by atoms with E-state index in [-0.39, 0.29) is 17.3 Å². The third kappa shape index (κ3) is 6.16. The number of nitro benzene ring substituents is 1. The molecule has 2 aromatic carbocycles. The van der Waals surface area contributed by atoms with Crippen molar-refractivity contribution in [3.63, 3.8) is 0 Å². The van der Waals surface area contributed by atoms with Gasteiger partial charge in [0, 0.05) is 29.9 Å². The number of thioether (sulfide) groups is 1. The Labute approximate surface area is 194 Å². The normalized spacial score (nSPS) is 10.6. The minimum atomic E-state index is -0.464. The van der Waals surface area contributed by atoms with Gasteiger partial charge in [0.05, 0.1) is 22.8 Å². The van der Waals surface area contributed by atoms with E-state index in [1.54, 1.807) is 41.0 Å². The maximum atomic E-state index is 12.5. The number of amides is 1. The molecule has 0 saturated carbocycles. The number of nitro groups is 1. The van der Waals surface area contributed by atoms with Gasteiger partial charge in [-0.1, -0.05) is 36.9 Å². The number of hydrogen-bond donors (Lipinski definition) is 1. The summed E-state index contributed by atoms with van der Waals surface area (Å²) in [7, 11) is 0. The van der Waals surface area contributed by atoms with Crippen LogP contribution in [0.3, 0.4) is 0 Å². The van der Waals surface area contributed by atoms with Crippen LogP contribution in [0.5, 0.6) is 0 Å². The van der Waals surface area contributed by atoms with E-state index in [1.165, 1.54) is 23.9 Å². The Morgan fingerprint density at radius 2 is 1.94 bits per heavy atom. The molecule has 11 heteroatoms. The summed E-state index contributed by atoms with van der Waals surface area (Å²) in [6, 6.07) is 12.7. The fourth-order valence-electron chi connectivity index (χ4n) is 2.98. The van der Waals surface area contributed by atoms with Gasteiger partial charge < -0.3 is 14.6 Å². The van der Waals surface area contributed by atoms with Crippen molar-refractivity contribution < 1.29 is 19.2 Å². The lowest BCUT2D eigenvalue weighted by atomic mass is 10.2. The van der Waals surface area contributed by atoms with E-state index < -0.39 is 10.9 Å². The molecule has 1 aromatic heterocycles. The van der Waals surface area contributed by atoms with Gasteiger partial charge in [0.2, 0.25) is 5.91 Å². The Morgan fingerprint density at radius 3 is 2.67 bits per heavy atom. The summed E-state index contributed by atoms with van der Waals surface area (Å²) in [4.78, 5) is 35.1. The van der Waals surface area contributed by atoms with Crippen molar-refractivity contribution in [2.24, 2.45) is 0 Å². The molecule has 1 heterocycles. The lowest BCUT2D eigenvalue weighted by Gasteiger charge is -2.09. The van der Waals surface area contributed by atoms with Crippen LogP contribution in [-0.4, -0.2) is 43.9 Å². The van der Waals surface area contributed by atoms with Gasteiger partial charge in [0.1, 0.15) is 0 Å². The van der Waals surface area contributed by atoms with Crippen molar-refractivity contribution in [3.05, 3.63) is 64.2 Å². The molecule has 0 spiro atoms. The number of carbonyl (C=O) groups excluding carboxylic acids is 2. The first-order valence-electron chi connectivity index (χ1n) is 10.3. The maximum Gasteiger partial charge on any atom is 0.338 e. The fraction of sp³-hybridized carbons (Fsp3) is 0.273. The Hall–Kier alpha value is -3.73. The SMILES string of the molecule is CCCOC(=O)c1cccc(NC(=O)CSc2nnc(-c3cccc([N+](=O)[O-])c3)n2CC)c1. The Morgan fingerprint density at radius 1 is 1.15 bits per heavy atom. The molecule has 0 atom stereocenters. The first-order chi connectivity index (χ1) is 15.9. The fourth-order valence-corrected chi connectivity index (χ4v) is 3.78. The van der Waals surface area contributed by atoms with Gasteiger partial charge in [-0.15, -0.1) is 10.2 Å². The Bertz CT molecular complexity index is 1160. The first-order valence-corrected chi connectivity index (χ1v) is 11.3. The van der Waals surface area contributed by atoms with E-state index in [0.717, 1.165) is 6.42 Å². The number of nitrogens with one attached hydrogen (secondary N) is 1. The average Bonchev–Trinajstić information content (AvgIpc) is 3.24. The van der Waals surface area contributed by atoms with Crippen LogP contribution in [0.15, 0.2) is 53.7 Å². The van der Waals surface area contributed by atoms with E-state index in [0.29, 0.717) is 40.9 Å². The Kier molecular flexibility index (Phi) is 8.14. The van der Waals surface area contributed by atoms with Crippen molar-refractivity contribution in [1.29, 1.82) is 0 Å². The van der Waals surface area contributed by atoms with E-state index in [1.807, 2.05) is 13.8 Å². The highest BCUT2D eigenvalue weighted by atomic mass is 32.2. The second kappa shape index (κ2) is 11.2. The molecule has 0 aliphatic heterocycles. The zero-order valence-electron chi connectivity index (χ0n) is 18.2. The lowest BCUT2D eigenvalue weighted by Crippen LogP contribution is -2.15. The largest absolute Gasteiger partial charge is 0.462 e. The van der Waals surface area contributed by atoms with E-state index in [2.05, 4.69) is 15.5 Å². The van der Waals surface area contributed by atoms with Crippen LogP contribution >= 0.6 is 11.8 Å². The van der Waals surface area contributed by atoms with Crippen molar-refractivity contribution in [1.82, 2.24) is 14.8 Å². The van der Waals surface area contributed by atoms with Gasteiger partial charge in [-0.3, -0.25) is 14.9 Å². The predicted octanol–water partition coefficient (Wildman–Crippen LogP) is 4.17. The molecule has 3 rings (SSSR count). The molecular formula is C22H23N5O5S. The zero-order valence-corrected chi connectivity index (χ0v) is 19.0. The number of benzene rings is 2. The minimum Gasteiger partial charge on any atom is -0.462 e. The molecule has 172 valence electrons. The molecule has 10 nitrogen and oxygen atoms in total. The van der Waals surface area contributed by atoms with E-state index in [4.69, 9.17) is 4.74 Å². The number of hydrogen-bond acceptors (Lipinski definition) is 8. The number of esters is 1. The third-order valence-corrected chi connectivity index (χ3v) is 5.47. The van der Waals surface area contributed by atoms with Gasteiger partial charge in [-0.05, 0) is 31.5 Å². The zero-order chi connectivity index (χ0) is 23.8. The number of aromatic nitrogens is 3. The highest BCUT2D eigenvalue weighted by Crippen LogP contribution is 2.26. The molecule has 0 saturated heterocycles. The van der Waals surface area contributed by atoms with E-state index in [9.17, 15) is 19.7 Å². The topological polar surface area (TPSA) is 129 Å². The average molecular weight is 470 g/mol. The monoisotopic (exact) mass is 469 g/mol. The van der Waals surface area contributed by atoms with E-state index >= 15 is 0 Å². The molecule has 1 N–H and O–H groups in total. The molecule has 33 heavy (non-hydrogen) atoms. The highest BCUT2D eigenvalue weighted by molar-refractivity contribution is 7.99. The second-order valence-corrected chi connectivity index (χ2v) is 7.85. The van der Waals surface area contributed by atoms with Crippen LogP contribution in [0, 0.1) is 10.1 Å². The minimum absolute atomic E-state index is 0.0347. The van der Waals surface area contributed by atoms with Crippen LogP contribution < -0.4 is 5.32 Å². The number of anilines is 1. The summed E-state index contributed by atoms with van der Waals surface area (Å²) in [6.07, 6.45) is 0.727. The van der Waals surface area contributed by atoms with Gasteiger partial charge in [0.25, 0.3) is 5.69 Å². The van der Waals surface area contributed by atoms with Crippen molar-refractivity contribution in [3.8, 4) is 11.4 Å². The quantitative estimate of drug-likeness (QED) is 0.203. The van der Waals surface area contributed by atoms with Gasteiger partial charge >= 0.3 is 5.97 Å². The highest BCUT2D eigenvalue weighted by Gasteiger charge is 2.17. The van der Waals surface area contributed by atoms with Gasteiger partial charge in [-0.2, -0.15) is 0 Å². The summed E-state index contributed by atoms with van der Waals surface area (Å²) in [5.41, 5.74) is 1.39. The Balaban J connectivity index is 1.66. The van der Waals surface area contributed by atoms with Crippen LogP contribution in [0.4, 0.5) is 11.4 Å². The van der Waals surface area contributed by atoms with Gasteiger partial charge in [0.15, 0.2) is 11.0 Å². The van der Waals surface area contributed by atoms with Crippen molar-refractivity contribution >= 4 is 35.0 Å². The number of non-ortho nitro benzene ring substituents is 1. The molecule has 0 unspecified atom stereocenters. The molecule has 1 amide bonds. The van der Waals surface area contributed by atoms with Crippen LogP contribution in [0.2, 0.25) is 0 Å². The molecular weight excluding hydrogens is 446 g/mol. The number of rotatable bonds is 10. The molecule has 0 aliphatic carbocycles. The summed E-state index contributed by atoms with van der Waals surface area (Å²) < 4.78 is 6.91. The van der Waals surface area contributed by atoms with Crippen molar-refractivity contribution in [2.45, 2.75) is 32.0 Å². The molecule has 3 aromatic rings.